The molecule has 0 aliphatic rings. The number of carboxylic acids is 1. The van der Waals surface area contributed by atoms with Crippen molar-refractivity contribution in [3.05, 3.63) is 10.8 Å². The molecular weight excluding hydrogens is 222 g/mol. The Morgan fingerprint density at radius 2 is 2.27 bits per heavy atom. The van der Waals surface area contributed by atoms with Gasteiger partial charge < -0.3 is 15.2 Å². The zero-order valence-corrected chi connectivity index (χ0v) is 9.00. The molecule has 2 N–H and O–H groups in total. The fourth-order valence-electron chi connectivity index (χ4n) is 0.961. The summed E-state index contributed by atoms with van der Waals surface area (Å²) in [7, 11) is 1.32. The van der Waals surface area contributed by atoms with E-state index >= 15 is 0 Å². The largest absolute Gasteiger partial charge is 0.479 e. The van der Waals surface area contributed by atoms with E-state index in [9.17, 15) is 4.79 Å². The number of aromatic carboxylic acids is 1. The third-order valence-corrected chi connectivity index (χ3v) is 1.82. The van der Waals surface area contributed by atoms with E-state index in [2.05, 4.69) is 15.3 Å². The number of rotatable bonds is 4. The molecule has 0 amide bonds. The molecule has 0 atom stereocenters. The van der Waals surface area contributed by atoms with Gasteiger partial charge in [0.1, 0.15) is 0 Å². The Morgan fingerprint density at radius 3 is 2.73 bits per heavy atom. The minimum absolute atomic E-state index is 0.00931. The van der Waals surface area contributed by atoms with Gasteiger partial charge >= 0.3 is 5.97 Å². The Bertz CT molecular complexity index is 384. The molecule has 1 aromatic rings. The van der Waals surface area contributed by atoms with Crippen molar-refractivity contribution in [3.63, 3.8) is 0 Å². The molecule has 1 heterocycles. The van der Waals surface area contributed by atoms with Crippen LogP contribution in [0.5, 0.6) is 5.88 Å². The summed E-state index contributed by atoms with van der Waals surface area (Å²) >= 11 is 5.73. The Labute approximate surface area is 91.3 Å². The third-order valence-electron chi connectivity index (χ3n) is 1.56. The standard InChI is InChI=1S/C8H10ClN3O3/c1-3-10-6-5(9)11-4(8(13)14)7(12-6)15-2/h3H2,1-2H3,(H,10,12)(H,13,14). The molecule has 0 saturated heterocycles. The van der Waals surface area contributed by atoms with Crippen LogP contribution in [0.1, 0.15) is 17.4 Å². The van der Waals surface area contributed by atoms with Crippen LogP contribution in [0.15, 0.2) is 0 Å². The molecule has 0 unspecified atom stereocenters. The minimum Gasteiger partial charge on any atom is -0.479 e. The Balaban J connectivity index is 3.22. The Morgan fingerprint density at radius 1 is 1.60 bits per heavy atom. The lowest BCUT2D eigenvalue weighted by molar-refractivity contribution is 0.0685. The molecule has 1 aromatic heterocycles. The molecule has 0 aliphatic heterocycles. The average molecular weight is 232 g/mol. The summed E-state index contributed by atoms with van der Waals surface area (Å²) in [6.07, 6.45) is 0. The highest BCUT2D eigenvalue weighted by Gasteiger charge is 2.18. The van der Waals surface area contributed by atoms with E-state index in [1.54, 1.807) is 0 Å². The van der Waals surface area contributed by atoms with E-state index in [4.69, 9.17) is 21.4 Å². The van der Waals surface area contributed by atoms with Crippen molar-refractivity contribution in [2.24, 2.45) is 0 Å². The predicted octanol–water partition coefficient (Wildman–Crippen LogP) is 1.27. The van der Waals surface area contributed by atoms with Crippen molar-refractivity contribution < 1.29 is 14.6 Å². The van der Waals surface area contributed by atoms with Crippen molar-refractivity contribution in [1.29, 1.82) is 0 Å². The summed E-state index contributed by atoms with van der Waals surface area (Å²) in [5, 5.41) is 11.6. The summed E-state index contributed by atoms with van der Waals surface area (Å²) in [4.78, 5) is 18.3. The van der Waals surface area contributed by atoms with Gasteiger partial charge in [0.15, 0.2) is 11.0 Å². The molecule has 0 aliphatic carbocycles. The van der Waals surface area contributed by atoms with Gasteiger partial charge in [0.2, 0.25) is 11.6 Å². The number of ether oxygens (including phenoxy) is 1. The molecule has 0 radical (unpaired) electrons. The number of nitrogens with one attached hydrogen (secondary N) is 1. The normalized spacial score (nSPS) is 9.80. The first kappa shape index (κ1) is 11.5. The van der Waals surface area contributed by atoms with E-state index in [0.717, 1.165) is 0 Å². The van der Waals surface area contributed by atoms with E-state index in [1.165, 1.54) is 7.11 Å². The van der Waals surface area contributed by atoms with Gasteiger partial charge in [-0.25, -0.2) is 9.78 Å². The lowest BCUT2D eigenvalue weighted by Crippen LogP contribution is -2.09. The van der Waals surface area contributed by atoms with Crippen molar-refractivity contribution in [2.75, 3.05) is 19.0 Å². The Hall–Kier alpha value is -1.56. The van der Waals surface area contributed by atoms with E-state index in [0.29, 0.717) is 12.4 Å². The molecular formula is C8H10ClN3O3. The number of carboxylic acid groups (broad SMARTS) is 1. The predicted molar refractivity (Wildman–Crippen MR) is 54.7 cm³/mol. The quantitative estimate of drug-likeness (QED) is 0.812. The summed E-state index contributed by atoms with van der Waals surface area (Å²) in [6.45, 7) is 2.46. The molecule has 0 aromatic carbocycles. The number of halogens is 1. The number of anilines is 1. The molecule has 7 heteroatoms. The highest BCUT2D eigenvalue weighted by molar-refractivity contribution is 6.31. The van der Waals surface area contributed by atoms with Crippen LogP contribution < -0.4 is 10.1 Å². The van der Waals surface area contributed by atoms with E-state index in [1.807, 2.05) is 6.92 Å². The van der Waals surface area contributed by atoms with Crippen molar-refractivity contribution in [3.8, 4) is 5.88 Å². The maximum Gasteiger partial charge on any atom is 0.360 e. The fourth-order valence-corrected chi connectivity index (χ4v) is 1.15. The molecule has 82 valence electrons. The maximum absolute atomic E-state index is 10.7. The summed E-state index contributed by atoms with van der Waals surface area (Å²) < 4.78 is 4.80. The average Bonchev–Trinajstić information content (AvgIpc) is 2.20. The second kappa shape index (κ2) is 4.79. The first-order chi connectivity index (χ1) is 7.10. The second-order valence-electron chi connectivity index (χ2n) is 2.56. The van der Waals surface area contributed by atoms with Gasteiger partial charge in [-0.2, -0.15) is 4.98 Å². The molecule has 1 rings (SSSR count). The van der Waals surface area contributed by atoms with Crippen LogP contribution in [0.3, 0.4) is 0 Å². The summed E-state index contributed by atoms with van der Waals surface area (Å²) in [6, 6.07) is 0. The maximum atomic E-state index is 10.7. The molecule has 0 saturated carbocycles. The van der Waals surface area contributed by atoms with Crippen LogP contribution in [0.2, 0.25) is 5.15 Å². The fraction of sp³-hybridized carbons (Fsp3) is 0.375. The zero-order chi connectivity index (χ0) is 11.4. The second-order valence-corrected chi connectivity index (χ2v) is 2.91. The van der Waals surface area contributed by atoms with Crippen LogP contribution in [-0.4, -0.2) is 34.7 Å². The van der Waals surface area contributed by atoms with Crippen LogP contribution in [0.4, 0.5) is 5.82 Å². The number of carbonyl (C=O) groups is 1. The zero-order valence-electron chi connectivity index (χ0n) is 8.24. The summed E-state index contributed by atoms with van der Waals surface area (Å²) in [5.74, 6) is -0.992. The monoisotopic (exact) mass is 231 g/mol. The highest BCUT2D eigenvalue weighted by Crippen LogP contribution is 2.23. The van der Waals surface area contributed by atoms with E-state index < -0.39 is 5.97 Å². The minimum atomic E-state index is -1.23. The number of aromatic nitrogens is 2. The third kappa shape index (κ3) is 2.47. The van der Waals surface area contributed by atoms with E-state index in [-0.39, 0.29) is 16.7 Å². The van der Waals surface area contributed by atoms with Crippen LogP contribution in [-0.2, 0) is 0 Å². The van der Waals surface area contributed by atoms with Gasteiger partial charge in [-0.3, -0.25) is 0 Å². The summed E-state index contributed by atoms with van der Waals surface area (Å²) in [5.41, 5.74) is -0.302. The van der Waals surface area contributed by atoms with Crippen molar-refractivity contribution >= 4 is 23.4 Å². The molecule has 0 fully saturated rings. The van der Waals surface area contributed by atoms with Gasteiger partial charge in [-0.15, -0.1) is 0 Å². The molecule has 15 heavy (non-hydrogen) atoms. The first-order valence-electron chi connectivity index (χ1n) is 4.18. The van der Waals surface area contributed by atoms with Gasteiger partial charge in [-0.05, 0) is 6.92 Å². The number of methoxy groups -OCH3 is 1. The number of hydrogen-bond donors (Lipinski definition) is 2. The molecule has 6 nitrogen and oxygen atoms in total. The van der Waals surface area contributed by atoms with Crippen molar-refractivity contribution in [2.45, 2.75) is 6.92 Å². The smallest absolute Gasteiger partial charge is 0.360 e. The SMILES string of the molecule is CCNc1nc(OC)c(C(=O)O)nc1Cl. The van der Waals surface area contributed by atoms with Crippen molar-refractivity contribution in [1.82, 2.24) is 9.97 Å². The first-order valence-corrected chi connectivity index (χ1v) is 4.56. The van der Waals surface area contributed by atoms with Gasteiger partial charge in [-0.1, -0.05) is 11.6 Å². The van der Waals surface area contributed by atoms with Gasteiger partial charge in [0, 0.05) is 6.54 Å². The van der Waals surface area contributed by atoms with Gasteiger partial charge in [0.25, 0.3) is 0 Å². The lowest BCUT2D eigenvalue weighted by atomic mass is 10.4. The van der Waals surface area contributed by atoms with Crippen LogP contribution >= 0.6 is 11.6 Å². The number of hydrogen-bond acceptors (Lipinski definition) is 5. The lowest BCUT2D eigenvalue weighted by Gasteiger charge is -2.08. The highest BCUT2D eigenvalue weighted by atomic mass is 35.5. The topological polar surface area (TPSA) is 84.3 Å². The number of nitrogens with zero attached hydrogens (tertiary/aromatic N) is 2. The molecule has 0 spiro atoms. The Kier molecular flexibility index (Phi) is 3.68. The van der Waals surface area contributed by atoms with Crippen LogP contribution in [0.25, 0.3) is 0 Å². The van der Waals surface area contributed by atoms with Gasteiger partial charge in [0.05, 0.1) is 7.11 Å². The van der Waals surface area contributed by atoms with Crippen LogP contribution in [0, 0.1) is 0 Å². The molecule has 0 bridgehead atoms.